The van der Waals surface area contributed by atoms with Crippen LogP contribution in [0.4, 0.5) is 0 Å². The molecule has 0 aliphatic carbocycles. The zero-order chi connectivity index (χ0) is 15.5. The van der Waals surface area contributed by atoms with Gasteiger partial charge in [-0.15, -0.1) is 0 Å². The lowest BCUT2D eigenvalue weighted by atomic mass is 10.0. The molecule has 4 rings (SSSR count). The van der Waals surface area contributed by atoms with E-state index in [-0.39, 0.29) is 0 Å². The first-order valence-electron chi connectivity index (χ1n) is 8.22. The van der Waals surface area contributed by atoms with Gasteiger partial charge in [0, 0.05) is 44.6 Å². The van der Waals surface area contributed by atoms with Gasteiger partial charge in [-0.25, -0.2) is 0 Å². The van der Waals surface area contributed by atoms with Crippen molar-refractivity contribution in [1.82, 2.24) is 15.2 Å². The summed E-state index contributed by atoms with van der Waals surface area (Å²) in [7, 11) is 0. The number of pyridine rings is 1. The van der Waals surface area contributed by atoms with Crippen LogP contribution in [0.3, 0.4) is 0 Å². The molecule has 1 N–H and O–H groups in total. The van der Waals surface area contributed by atoms with Crippen LogP contribution in [-0.2, 0) is 6.54 Å². The lowest BCUT2D eigenvalue weighted by Gasteiger charge is -2.36. The summed E-state index contributed by atoms with van der Waals surface area (Å²) in [5.74, 6) is 0. The summed E-state index contributed by atoms with van der Waals surface area (Å²) in [6, 6.07) is 20.0. The fourth-order valence-electron chi connectivity index (χ4n) is 3.41. The summed E-state index contributed by atoms with van der Waals surface area (Å²) in [6.07, 6.45) is 3.83. The highest BCUT2D eigenvalue weighted by Crippen LogP contribution is 2.24. The van der Waals surface area contributed by atoms with Crippen molar-refractivity contribution in [2.45, 2.75) is 12.6 Å². The van der Waals surface area contributed by atoms with Gasteiger partial charge in [0.15, 0.2) is 0 Å². The van der Waals surface area contributed by atoms with Crippen molar-refractivity contribution in [3.05, 3.63) is 78.1 Å². The van der Waals surface area contributed by atoms with E-state index < -0.39 is 0 Å². The monoisotopic (exact) mass is 303 g/mol. The summed E-state index contributed by atoms with van der Waals surface area (Å²) in [5.41, 5.74) is 2.67. The third-order valence-corrected chi connectivity index (χ3v) is 4.62. The normalized spacial score (nSPS) is 19.0. The molecule has 0 spiro atoms. The number of benzene rings is 2. The number of nitrogens with one attached hydrogen (secondary N) is 1. The van der Waals surface area contributed by atoms with E-state index in [0.717, 1.165) is 26.2 Å². The Hall–Kier alpha value is -2.23. The molecule has 1 atom stereocenters. The van der Waals surface area contributed by atoms with Crippen molar-refractivity contribution < 1.29 is 0 Å². The Labute approximate surface area is 137 Å². The highest BCUT2D eigenvalue weighted by atomic mass is 15.2. The fraction of sp³-hybridized carbons (Fsp3) is 0.250. The second-order valence-electron chi connectivity index (χ2n) is 6.16. The molecule has 0 radical (unpaired) electrons. The van der Waals surface area contributed by atoms with E-state index in [4.69, 9.17) is 0 Å². The lowest BCUT2D eigenvalue weighted by Crippen LogP contribution is -2.45. The van der Waals surface area contributed by atoms with Crippen LogP contribution in [0.15, 0.2) is 67.0 Å². The van der Waals surface area contributed by atoms with E-state index in [9.17, 15) is 0 Å². The van der Waals surface area contributed by atoms with Crippen molar-refractivity contribution >= 4 is 10.8 Å². The Kier molecular flexibility index (Phi) is 4.05. The maximum absolute atomic E-state index is 4.29. The number of fused-ring (bicyclic) bond motifs is 1. The van der Waals surface area contributed by atoms with Gasteiger partial charge in [-0.1, -0.05) is 42.5 Å². The molecule has 3 aromatic rings. The van der Waals surface area contributed by atoms with Gasteiger partial charge in [0.25, 0.3) is 0 Å². The van der Waals surface area contributed by atoms with Gasteiger partial charge in [0.2, 0.25) is 0 Å². The van der Waals surface area contributed by atoms with Gasteiger partial charge in [-0.3, -0.25) is 9.88 Å². The average molecular weight is 303 g/mol. The predicted molar refractivity (Wildman–Crippen MR) is 94.2 cm³/mol. The Morgan fingerprint density at radius 1 is 1.04 bits per heavy atom. The zero-order valence-corrected chi connectivity index (χ0v) is 13.2. The van der Waals surface area contributed by atoms with Gasteiger partial charge in [0.05, 0.1) is 0 Å². The summed E-state index contributed by atoms with van der Waals surface area (Å²) in [6.45, 7) is 4.07. The van der Waals surface area contributed by atoms with Gasteiger partial charge in [0.1, 0.15) is 0 Å². The summed E-state index contributed by atoms with van der Waals surface area (Å²) in [4.78, 5) is 6.84. The minimum Gasteiger partial charge on any atom is -0.314 e. The molecule has 0 bridgehead atoms. The maximum Gasteiger partial charge on any atom is 0.0491 e. The molecule has 23 heavy (non-hydrogen) atoms. The Morgan fingerprint density at radius 2 is 1.96 bits per heavy atom. The Bertz CT molecular complexity index is 785. The number of rotatable bonds is 3. The van der Waals surface area contributed by atoms with Crippen molar-refractivity contribution in [1.29, 1.82) is 0 Å². The van der Waals surface area contributed by atoms with E-state index in [1.807, 2.05) is 18.5 Å². The summed E-state index contributed by atoms with van der Waals surface area (Å²) < 4.78 is 0. The van der Waals surface area contributed by atoms with E-state index in [1.165, 1.54) is 21.9 Å². The van der Waals surface area contributed by atoms with Crippen molar-refractivity contribution in [3.8, 4) is 0 Å². The third-order valence-electron chi connectivity index (χ3n) is 4.62. The first-order valence-corrected chi connectivity index (χ1v) is 8.22. The highest BCUT2D eigenvalue weighted by Gasteiger charge is 2.23. The number of nitrogens with zero attached hydrogens (tertiary/aromatic N) is 2. The Morgan fingerprint density at radius 3 is 2.83 bits per heavy atom. The number of hydrogen-bond acceptors (Lipinski definition) is 3. The van der Waals surface area contributed by atoms with E-state index in [0.29, 0.717) is 6.04 Å². The minimum absolute atomic E-state index is 0.393. The molecule has 3 nitrogen and oxygen atoms in total. The van der Waals surface area contributed by atoms with E-state index >= 15 is 0 Å². The minimum atomic E-state index is 0.393. The summed E-state index contributed by atoms with van der Waals surface area (Å²) >= 11 is 0. The molecule has 2 aromatic carbocycles. The predicted octanol–water partition coefficient (Wildman–Crippen LogP) is 3.38. The molecule has 1 aliphatic rings. The SMILES string of the molecule is c1cncc(C2CNCCN2Cc2ccc3ccccc3c2)c1. The highest BCUT2D eigenvalue weighted by molar-refractivity contribution is 5.82. The van der Waals surface area contributed by atoms with Crippen molar-refractivity contribution in [2.24, 2.45) is 0 Å². The molecule has 2 heterocycles. The molecule has 0 saturated carbocycles. The number of hydrogen-bond donors (Lipinski definition) is 1. The molecule has 1 aliphatic heterocycles. The largest absolute Gasteiger partial charge is 0.314 e. The maximum atomic E-state index is 4.29. The lowest BCUT2D eigenvalue weighted by molar-refractivity contribution is 0.153. The van der Waals surface area contributed by atoms with Crippen molar-refractivity contribution in [2.75, 3.05) is 19.6 Å². The van der Waals surface area contributed by atoms with Gasteiger partial charge >= 0.3 is 0 Å². The van der Waals surface area contributed by atoms with Crippen LogP contribution in [-0.4, -0.2) is 29.5 Å². The van der Waals surface area contributed by atoms with Gasteiger partial charge < -0.3 is 5.32 Å². The average Bonchev–Trinajstić information content (AvgIpc) is 2.63. The number of piperazine rings is 1. The second kappa shape index (κ2) is 6.49. The van der Waals surface area contributed by atoms with Gasteiger partial charge in [-0.05, 0) is 34.0 Å². The molecule has 1 unspecified atom stereocenters. The third kappa shape index (κ3) is 3.11. The fourth-order valence-corrected chi connectivity index (χ4v) is 3.41. The molecular weight excluding hydrogens is 282 g/mol. The molecule has 1 aromatic heterocycles. The van der Waals surface area contributed by atoms with E-state index in [1.54, 1.807) is 0 Å². The van der Waals surface area contributed by atoms with Crippen LogP contribution in [0.5, 0.6) is 0 Å². The van der Waals surface area contributed by atoms with Crippen LogP contribution < -0.4 is 5.32 Å². The van der Waals surface area contributed by atoms with Crippen LogP contribution in [0.2, 0.25) is 0 Å². The smallest absolute Gasteiger partial charge is 0.0491 e. The first kappa shape index (κ1) is 14.4. The van der Waals surface area contributed by atoms with Crippen molar-refractivity contribution in [3.63, 3.8) is 0 Å². The molecule has 3 heteroatoms. The van der Waals surface area contributed by atoms with Crippen LogP contribution in [0, 0.1) is 0 Å². The van der Waals surface area contributed by atoms with Crippen LogP contribution in [0.25, 0.3) is 10.8 Å². The molecule has 116 valence electrons. The Balaban J connectivity index is 1.59. The molecule has 1 fully saturated rings. The summed E-state index contributed by atoms with van der Waals surface area (Å²) in [5, 5.41) is 6.13. The van der Waals surface area contributed by atoms with E-state index in [2.05, 4.69) is 63.7 Å². The van der Waals surface area contributed by atoms with Crippen LogP contribution >= 0.6 is 0 Å². The first-order chi connectivity index (χ1) is 11.4. The standard InChI is InChI=1S/C20H21N3/c1-2-5-18-12-16(7-8-17(18)4-1)15-23-11-10-22-14-20(23)19-6-3-9-21-13-19/h1-9,12-13,20,22H,10-11,14-15H2. The molecule has 1 saturated heterocycles. The topological polar surface area (TPSA) is 28.2 Å². The van der Waals surface area contributed by atoms with Gasteiger partial charge in [-0.2, -0.15) is 0 Å². The van der Waals surface area contributed by atoms with Crippen LogP contribution in [0.1, 0.15) is 17.2 Å². The molecular formula is C20H21N3. The quantitative estimate of drug-likeness (QED) is 0.804. The number of aromatic nitrogens is 1. The molecule has 0 amide bonds. The zero-order valence-electron chi connectivity index (χ0n) is 13.2. The second-order valence-corrected chi connectivity index (χ2v) is 6.16.